The van der Waals surface area contributed by atoms with Crippen molar-refractivity contribution >= 4 is 17.3 Å². The molecule has 3 rings (SSSR count). The quantitative estimate of drug-likeness (QED) is 0.351. The van der Waals surface area contributed by atoms with Crippen LogP contribution < -0.4 is 14.8 Å². The summed E-state index contributed by atoms with van der Waals surface area (Å²) in [6.07, 6.45) is 0. The van der Waals surface area contributed by atoms with Crippen molar-refractivity contribution in [3.8, 4) is 11.5 Å². The molecule has 1 N–H and O–H groups in total. The number of carbonyl (C=O) groups excluding carboxylic acids is 1. The van der Waals surface area contributed by atoms with Crippen LogP contribution in [0, 0.1) is 17.0 Å². The third kappa shape index (κ3) is 5.68. The molecule has 1 amide bonds. The van der Waals surface area contributed by atoms with Gasteiger partial charge in [0.05, 0.1) is 17.7 Å². The highest BCUT2D eigenvalue weighted by Gasteiger charge is 2.19. The second kappa shape index (κ2) is 9.73. The molecule has 0 aliphatic rings. The van der Waals surface area contributed by atoms with Crippen LogP contribution in [0.2, 0.25) is 0 Å². The van der Waals surface area contributed by atoms with Gasteiger partial charge < -0.3 is 14.8 Å². The number of methoxy groups -OCH3 is 1. The van der Waals surface area contributed by atoms with Crippen molar-refractivity contribution in [2.75, 3.05) is 12.4 Å². The van der Waals surface area contributed by atoms with Gasteiger partial charge in [0.1, 0.15) is 18.1 Å². The predicted octanol–water partition coefficient (Wildman–Crippen LogP) is 6.04. The number of amides is 1. The summed E-state index contributed by atoms with van der Waals surface area (Å²) in [4.78, 5) is 23.5. The molecule has 0 aromatic heterocycles. The van der Waals surface area contributed by atoms with Crippen LogP contribution in [0.5, 0.6) is 11.5 Å². The highest BCUT2D eigenvalue weighted by Crippen LogP contribution is 2.32. The number of benzene rings is 3. The van der Waals surface area contributed by atoms with E-state index in [9.17, 15) is 14.9 Å². The number of hydrogen-bond acceptors (Lipinski definition) is 5. The maximum Gasteiger partial charge on any atom is 0.271 e. The molecule has 7 nitrogen and oxygen atoms in total. The minimum Gasteiger partial charge on any atom is -0.496 e. The Morgan fingerprint density at radius 1 is 1.03 bits per heavy atom. The van der Waals surface area contributed by atoms with Crippen molar-refractivity contribution in [2.24, 2.45) is 0 Å². The van der Waals surface area contributed by atoms with E-state index in [-0.39, 0.29) is 23.6 Å². The Labute approximate surface area is 193 Å². The molecule has 0 heterocycles. The first-order chi connectivity index (χ1) is 15.6. The molecule has 0 bridgehead atoms. The lowest BCUT2D eigenvalue weighted by atomic mass is 9.86. The first-order valence-corrected chi connectivity index (χ1v) is 10.6. The third-order valence-electron chi connectivity index (χ3n) is 5.30. The first kappa shape index (κ1) is 23.8. The Morgan fingerprint density at radius 2 is 1.76 bits per heavy atom. The fraction of sp³-hybridized carbons (Fsp3) is 0.269. The number of anilines is 1. The van der Waals surface area contributed by atoms with Gasteiger partial charge in [-0.05, 0) is 47.7 Å². The van der Waals surface area contributed by atoms with Crippen molar-refractivity contribution in [1.82, 2.24) is 0 Å². The first-order valence-electron chi connectivity index (χ1n) is 10.6. The van der Waals surface area contributed by atoms with Gasteiger partial charge in [0.2, 0.25) is 0 Å². The molecule has 0 fully saturated rings. The Bertz CT molecular complexity index is 1180. The van der Waals surface area contributed by atoms with Crippen molar-refractivity contribution in [2.45, 2.75) is 39.7 Å². The summed E-state index contributed by atoms with van der Waals surface area (Å²) in [5, 5.41) is 13.8. The summed E-state index contributed by atoms with van der Waals surface area (Å²) in [7, 11) is 1.56. The number of nitrogens with zero attached hydrogens (tertiary/aromatic N) is 1. The number of hydrogen-bond donors (Lipinski definition) is 1. The highest BCUT2D eigenvalue weighted by molar-refractivity contribution is 6.05. The number of carbonyl (C=O) groups is 1. The minimum absolute atomic E-state index is 0.0848. The lowest BCUT2D eigenvalue weighted by Crippen LogP contribution is -2.15. The number of nitro groups is 1. The van der Waals surface area contributed by atoms with Crippen molar-refractivity contribution in [3.63, 3.8) is 0 Å². The highest BCUT2D eigenvalue weighted by atomic mass is 16.6. The maximum absolute atomic E-state index is 12.9. The fourth-order valence-corrected chi connectivity index (χ4v) is 3.45. The van der Waals surface area contributed by atoms with Crippen LogP contribution in [0.4, 0.5) is 11.4 Å². The molecule has 33 heavy (non-hydrogen) atoms. The van der Waals surface area contributed by atoms with E-state index in [1.165, 1.54) is 12.1 Å². The molecule has 3 aromatic carbocycles. The molecule has 0 radical (unpaired) electrons. The molecule has 3 aromatic rings. The molecular weight excluding hydrogens is 420 g/mol. The summed E-state index contributed by atoms with van der Waals surface area (Å²) in [6, 6.07) is 17.3. The molecule has 7 heteroatoms. The average molecular weight is 449 g/mol. The van der Waals surface area contributed by atoms with Gasteiger partial charge in [-0.2, -0.15) is 0 Å². The zero-order valence-corrected chi connectivity index (χ0v) is 19.5. The van der Waals surface area contributed by atoms with Crippen LogP contribution in [0.3, 0.4) is 0 Å². The van der Waals surface area contributed by atoms with E-state index < -0.39 is 4.92 Å². The van der Waals surface area contributed by atoms with E-state index in [2.05, 4.69) is 26.1 Å². The number of nitrogens with one attached hydrogen (secondary N) is 1. The molecule has 0 unspecified atom stereocenters. The van der Waals surface area contributed by atoms with E-state index in [0.29, 0.717) is 22.6 Å². The summed E-state index contributed by atoms with van der Waals surface area (Å²) < 4.78 is 11.6. The van der Waals surface area contributed by atoms with Gasteiger partial charge in [0.15, 0.2) is 0 Å². The number of para-hydroxylation sites is 1. The van der Waals surface area contributed by atoms with Crippen LogP contribution in [-0.4, -0.2) is 17.9 Å². The number of ether oxygens (including phenoxy) is 2. The summed E-state index contributed by atoms with van der Waals surface area (Å²) >= 11 is 0. The number of non-ortho nitro benzene ring substituents is 1. The molecule has 0 aliphatic heterocycles. The van der Waals surface area contributed by atoms with Crippen molar-refractivity contribution in [1.29, 1.82) is 0 Å². The summed E-state index contributed by atoms with van der Waals surface area (Å²) in [5.74, 6) is 0.998. The Morgan fingerprint density at radius 3 is 2.42 bits per heavy atom. The standard InChI is InChI=1S/C26H28N2O5/c1-17-10-12-20(28(30)31)15-22(17)27-25(29)18-11-13-23(32-5)19(14-18)16-33-24-9-7-6-8-21(24)26(2,3)4/h6-15H,16H2,1-5H3,(H,27,29). The Hall–Kier alpha value is -3.87. The monoisotopic (exact) mass is 448 g/mol. The van der Waals surface area contributed by atoms with E-state index >= 15 is 0 Å². The summed E-state index contributed by atoms with van der Waals surface area (Å²) in [5.41, 5.74) is 3.13. The predicted molar refractivity (Wildman–Crippen MR) is 128 cm³/mol. The van der Waals surface area contributed by atoms with E-state index in [1.54, 1.807) is 38.3 Å². The molecule has 172 valence electrons. The van der Waals surface area contributed by atoms with Gasteiger partial charge in [0.25, 0.3) is 11.6 Å². The van der Waals surface area contributed by atoms with E-state index in [1.807, 2.05) is 24.3 Å². The number of nitro benzene ring substituents is 1. The SMILES string of the molecule is COc1ccc(C(=O)Nc2cc([N+](=O)[O-])ccc2C)cc1COc1ccccc1C(C)(C)C. The topological polar surface area (TPSA) is 90.7 Å². The van der Waals surface area contributed by atoms with Gasteiger partial charge in [-0.3, -0.25) is 14.9 Å². The van der Waals surface area contributed by atoms with Gasteiger partial charge in [-0.15, -0.1) is 0 Å². The van der Waals surface area contributed by atoms with E-state index in [0.717, 1.165) is 16.9 Å². The average Bonchev–Trinajstić information content (AvgIpc) is 2.78. The zero-order chi connectivity index (χ0) is 24.2. The second-order valence-corrected chi connectivity index (χ2v) is 8.77. The third-order valence-corrected chi connectivity index (χ3v) is 5.30. The lowest BCUT2D eigenvalue weighted by molar-refractivity contribution is -0.384. The fourth-order valence-electron chi connectivity index (χ4n) is 3.45. The molecular formula is C26H28N2O5. The number of rotatable bonds is 7. The molecule has 0 atom stereocenters. The van der Waals surface area contributed by atoms with Crippen LogP contribution >= 0.6 is 0 Å². The molecule has 0 aliphatic carbocycles. The van der Waals surface area contributed by atoms with Gasteiger partial charge in [-0.1, -0.05) is 45.0 Å². The van der Waals surface area contributed by atoms with Crippen LogP contribution in [0.15, 0.2) is 60.7 Å². The molecule has 0 saturated carbocycles. The normalized spacial score (nSPS) is 11.1. The molecule has 0 saturated heterocycles. The van der Waals surface area contributed by atoms with Crippen LogP contribution in [0.1, 0.15) is 47.8 Å². The maximum atomic E-state index is 12.9. The smallest absolute Gasteiger partial charge is 0.271 e. The second-order valence-electron chi connectivity index (χ2n) is 8.77. The van der Waals surface area contributed by atoms with Crippen LogP contribution in [0.25, 0.3) is 0 Å². The van der Waals surface area contributed by atoms with Crippen molar-refractivity contribution < 1.29 is 19.2 Å². The summed E-state index contributed by atoms with van der Waals surface area (Å²) in [6.45, 7) is 8.36. The lowest BCUT2D eigenvalue weighted by Gasteiger charge is -2.23. The Kier molecular flexibility index (Phi) is 7.01. The number of aryl methyl sites for hydroxylation is 1. The van der Waals surface area contributed by atoms with Gasteiger partial charge in [-0.25, -0.2) is 0 Å². The van der Waals surface area contributed by atoms with E-state index in [4.69, 9.17) is 9.47 Å². The minimum atomic E-state index is -0.493. The largest absolute Gasteiger partial charge is 0.496 e. The van der Waals surface area contributed by atoms with Crippen LogP contribution in [-0.2, 0) is 12.0 Å². The zero-order valence-electron chi connectivity index (χ0n) is 19.5. The van der Waals surface area contributed by atoms with Gasteiger partial charge in [0, 0.05) is 23.3 Å². The van der Waals surface area contributed by atoms with Gasteiger partial charge >= 0.3 is 0 Å². The van der Waals surface area contributed by atoms with Crippen molar-refractivity contribution in [3.05, 3.63) is 93.0 Å². The Balaban J connectivity index is 1.84. The molecule has 0 spiro atoms.